The van der Waals surface area contributed by atoms with E-state index < -0.39 is 0 Å². The number of carbonyl (C=O) groups excluding carboxylic acids is 1. The first-order chi connectivity index (χ1) is 11.4. The van der Waals surface area contributed by atoms with Crippen molar-refractivity contribution >= 4 is 17.2 Å². The summed E-state index contributed by atoms with van der Waals surface area (Å²) in [5.41, 5.74) is 2.55. The van der Waals surface area contributed by atoms with Gasteiger partial charge in [0.05, 0.1) is 0 Å². The van der Waals surface area contributed by atoms with Crippen molar-refractivity contribution in [3.8, 4) is 5.75 Å². The van der Waals surface area contributed by atoms with E-state index in [2.05, 4.69) is 51.3 Å². The molecule has 1 heterocycles. The second-order valence-electron chi connectivity index (χ2n) is 7.01. The molecule has 24 heavy (non-hydrogen) atoms. The number of thiophene rings is 1. The molecule has 0 radical (unpaired) electrons. The lowest BCUT2D eigenvalue weighted by molar-refractivity contribution is -0.134. The fourth-order valence-electron chi connectivity index (χ4n) is 2.45. The third-order valence-corrected chi connectivity index (χ3v) is 4.61. The predicted octanol–water partition coefficient (Wildman–Crippen LogP) is 4.86. The number of hydrogen-bond acceptors (Lipinski definition) is 3. The van der Waals surface area contributed by atoms with Gasteiger partial charge in [0.2, 0.25) is 0 Å². The molecule has 0 saturated carbocycles. The molecule has 2 aromatic rings. The zero-order valence-corrected chi connectivity index (χ0v) is 15.9. The highest BCUT2D eigenvalue weighted by molar-refractivity contribution is 7.07. The number of benzene rings is 1. The van der Waals surface area contributed by atoms with Crippen LogP contribution in [0.25, 0.3) is 0 Å². The molecule has 0 aliphatic carbocycles. The monoisotopic (exact) mass is 345 g/mol. The summed E-state index contributed by atoms with van der Waals surface area (Å²) in [6.07, 6.45) is 0.941. The maximum atomic E-state index is 12.5. The zero-order valence-electron chi connectivity index (χ0n) is 15.0. The summed E-state index contributed by atoms with van der Waals surface area (Å²) in [5, 5.41) is 4.12. The molecule has 0 unspecified atom stereocenters. The molecule has 0 bridgehead atoms. The third kappa shape index (κ3) is 5.38. The van der Waals surface area contributed by atoms with E-state index in [9.17, 15) is 4.79 Å². The summed E-state index contributed by atoms with van der Waals surface area (Å²) in [6.45, 7) is 10.1. The molecule has 0 N–H and O–H groups in total. The van der Waals surface area contributed by atoms with Crippen LogP contribution < -0.4 is 4.74 Å². The number of hydrogen-bond donors (Lipinski definition) is 0. The molecule has 0 aliphatic heterocycles. The number of ether oxygens (including phenoxy) is 1. The lowest BCUT2D eigenvalue weighted by atomic mass is 9.87. The minimum absolute atomic E-state index is 0.0305. The van der Waals surface area contributed by atoms with Crippen molar-refractivity contribution < 1.29 is 9.53 Å². The molecule has 0 atom stereocenters. The van der Waals surface area contributed by atoms with Gasteiger partial charge in [-0.15, -0.1) is 0 Å². The Morgan fingerprint density at radius 3 is 2.42 bits per heavy atom. The van der Waals surface area contributed by atoms with E-state index in [0.29, 0.717) is 6.54 Å². The summed E-state index contributed by atoms with van der Waals surface area (Å²) < 4.78 is 5.69. The highest BCUT2D eigenvalue weighted by Gasteiger charge is 2.15. The van der Waals surface area contributed by atoms with Crippen molar-refractivity contribution in [3.63, 3.8) is 0 Å². The van der Waals surface area contributed by atoms with Gasteiger partial charge in [-0.25, -0.2) is 0 Å². The molecule has 0 aliphatic rings. The zero-order chi connectivity index (χ0) is 17.6. The Bertz CT molecular complexity index is 627. The Morgan fingerprint density at radius 2 is 1.88 bits per heavy atom. The van der Waals surface area contributed by atoms with Crippen molar-refractivity contribution in [2.75, 3.05) is 13.2 Å². The fourth-order valence-corrected chi connectivity index (χ4v) is 3.11. The van der Waals surface area contributed by atoms with Crippen LogP contribution in [0.15, 0.2) is 41.1 Å². The van der Waals surface area contributed by atoms with Crippen LogP contribution in [0.1, 0.15) is 45.2 Å². The van der Waals surface area contributed by atoms with Crippen molar-refractivity contribution in [2.45, 2.75) is 46.1 Å². The summed E-state index contributed by atoms with van der Waals surface area (Å²) in [7, 11) is 0. The van der Waals surface area contributed by atoms with E-state index in [1.54, 1.807) is 11.3 Å². The Labute approximate surface area is 149 Å². The Hall–Kier alpha value is -1.81. The fraction of sp³-hybridized carbons (Fsp3) is 0.450. The topological polar surface area (TPSA) is 29.5 Å². The van der Waals surface area contributed by atoms with Crippen LogP contribution in [0.5, 0.6) is 5.75 Å². The number of carbonyl (C=O) groups is 1. The lowest BCUT2D eigenvalue weighted by Gasteiger charge is -2.22. The van der Waals surface area contributed by atoms with Gasteiger partial charge >= 0.3 is 0 Å². The van der Waals surface area contributed by atoms with Crippen LogP contribution in [0.2, 0.25) is 0 Å². The van der Waals surface area contributed by atoms with Gasteiger partial charge in [-0.2, -0.15) is 11.3 Å². The second-order valence-corrected chi connectivity index (χ2v) is 7.79. The van der Waals surface area contributed by atoms with Crippen LogP contribution in [0, 0.1) is 0 Å². The van der Waals surface area contributed by atoms with Crippen molar-refractivity contribution in [1.82, 2.24) is 4.90 Å². The summed E-state index contributed by atoms with van der Waals surface area (Å²) in [5.74, 6) is 0.770. The van der Waals surface area contributed by atoms with E-state index >= 15 is 0 Å². The van der Waals surface area contributed by atoms with Crippen molar-refractivity contribution in [2.24, 2.45) is 0 Å². The molecule has 0 saturated heterocycles. The van der Waals surface area contributed by atoms with E-state index in [0.717, 1.165) is 18.7 Å². The van der Waals surface area contributed by atoms with E-state index in [4.69, 9.17) is 4.74 Å². The van der Waals surface area contributed by atoms with Gasteiger partial charge in [0.25, 0.3) is 5.91 Å². The highest BCUT2D eigenvalue weighted by atomic mass is 32.1. The Balaban J connectivity index is 1.92. The van der Waals surface area contributed by atoms with Gasteiger partial charge in [0.15, 0.2) is 6.61 Å². The lowest BCUT2D eigenvalue weighted by Crippen LogP contribution is -2.35. The Morgan fingerprint density at radius 1 is 1.17 bits per heavy atom. The molecule has 1 aromatic carbocycles. The molecular weight excluding hydrogens is 318 g/mol. The van der Waals surface area contributed by atoms with E-state index in [1.165, 1.54) is 11.1 Å². The summed E-state index contributed by atoms with van der Waals surface area (Å²) in [6, 6.07) is 10.1. The largest absolute Gasteiger partial charge is 0.484 e. The van der Waals surface area contributed by atoms with Gasteiger partial charge in [-0.05, 0) is 51.9 Å². The number of rotatable bonds is 7. The summed E-state index contributed by atoms with van der Waals surface area (Å²) >= 11 is 1.66. The quantitative estimate of drug-likeness (QED) is 0.717. The molecule has 1 aromatic heterocycles. The standard InChI is InChI=1S/C20H27NO2S/c1-5-11-21(13-16-10-12-24-15-16)19(22)14-23-18-8-6-17(7-9-18)20(2,3)4/h6-10,12,15H,5,11,13-14H2,1-4H3. The Kier molecular flexibility index (Phi) is 6.44. The minimum Gasteiger partial charge on any atom is -0.484 e. The molecule has 2 rings (SSSR count). The average molecular weight is 346 g/mol. The molecule has 0 spiro atoms. The normalized spacial score (nSPS) is 11.3. The van der Waals surface area contributed by atoms with Crippen LogP contribution in [-0.2, 0) is 16.8 Å². The first kappa shape index (κ1) is 18.5. The SMILES string of the molecule is CCCN(Cc1ccsc1)C(=O)COc1ccc(C(C)(C)C)cc1. The molecule has 130 valence electrons. The van der Waals surface area contributed by atoms with Crippen molar-refractivity contribution in [1.29, 1.82) is 0 Å². The van der Waals surface area contributed by atoms with Gasteiger partial charge < -0.3 is 9.64 Å². The van der Waals surface area contributed by atoms with E-state index in [1.807, 2.05) is 22.4 Å². The number of nitrogens with zero attached hydrogens (tertiary/aromatic N) is 1. The second kappa shape index (κ2) is 8.34. The van der Waals surface area contributed by atoms with Crippen LogP contribution in [0.4, 0.5) is 0 Å². The maximum Gasteiger partial charge on any atom is 0.260 e. The molecule has 4 heteroatoms. The molecule has 1 amide bonds. The van der Waals surface area contributed by atoms with Gasteiger partial charge in [0.1, 0.15) is 5.75 Å². The van der Waals surface area contributed by atoms with Crippen LogP contribution in [0.3, 0.4) is 0 Å². The average Bonchev–Trinajstić information content (AvgIpc) is 3.05. The first-order valence-electron chi connectivity index (χ1n) is 8.42. The third-order valence-electron chi connectivity index (χ3n) is 3.88. The smallest absolute Gasteiger partial charge is 0.260 e. The van der Waals surface area contributed by atoms with Gasteiger partial charge in [-0.1, -0.05) is 39.8 Å². The van der Waals surface area contributed by atoms with Crippen LogP contribution >= 0.6 is 11.3 Å². The highest BCUT2D eigenvalue weighted by Crippen LogP contribution is 2.24. The molecule has 3 nitrogen and oxygen atoms in total. The minimum atomic E-state index is 0.0305. The van der Waals surface area contributed by atoms with Crippen molar-refractivity contribution in [3.05, 3.63) is 52.2 Å². The predicted molar refractivity (Wildman–Crippen MR) is 101 cm³/mol. The van der Waals surface area contributed by atoms with Gasteiger partial charge in [-0.3, -0.25) is 4.79 Å². The van der Waals surface area contributed by atoms with Gasteiger partial charge in [0, 0.05) is 13.1 Å². The number of amides is 1. The maximum absolute atomic E-state index is 12.5. The first-order valence-corrected chi connectivity index (χ1v) is 9.36. The summed E-state index contributed by atoms with van der Waals surface area (Å²) in [4.78, 5) is 14.3. The molecule has 0 fully saturated rings. The van der Waals surface area contributed by atoms with Crippen LogP contribution in [-0.4, -0.2) is 24.0 Å². The molecular formula is C20H27NO2S. The van der Waals surface area contributed by atoms with E-state index in [-0.39, 0.29) is 17.9 Å².